The normalized spacial score (nSPS) is 19.2. The summed E-state index contributed by atoms with van der Waals surface area (Å²) in [4.78, 5) is 0. The Bertz CT molecular complexity index is 132. The van der Waals surface area contributed by atoms with Crippen LogP contribution in [0.5, 0.6) is 0 Å². The molecule has 0 aromatic heterocycles. The Hall–Kier alpha value is -0.120. The molecule has 1 N–H and O–H groups in total. The van der Waals surface area contributed by atoms with Gasteiger partial charge in [0.1, 0.15) is 0 Å². The van der Waals surface area contributed by atoms with Gasteiger partial charge in [-0.05, 0) is 20.3 Å². The lowest BCUT2D eigenvalue weighted by atomic mass is 10.1. The molecule has 1 fully saturated rings. The van der Waals surface area contributed by atoms with Crippen molar-refractivity contribution in [3.8, 4) is 0 Å². The van der Waals surface area contributed by atoms with E-state index in [0.717, 1.165) is 26.1 Å². The lowest BCUT2D eigenvalue weighted by molar-refractivity contribution is -0.0377. The summed E-state index contributed by atoms with van der Waals surface area (Å²) in [7, 11) is 1.74. The first kappa shape index (κ1) is 9.96. The first-order valence-electron chi connectivity index (χ1n) is 4.51. The van der Waals surface area contributed by atoms with E-state index >= 15 is 0 Å². The van der Waals surface area contributed by atoms with Gasteiger partial charge in [-0.2, -0.15) is 0 Å². The van der Waals surface area contributed by atoms with E-state index in [9.17, 15) is 0 Å². The highest BCUT2D eigenvalue weighted by Crippen LogP contribution is 2.13. The molecule has 3 nitrogen and oxygen atoms in total. The number of nitrogens with one attached hydrogen (secondary N) is 1. The van der Waals surface area contributed by atoms with Crippen LogP contribution < -0.4 is 5.32 Å². The fourth-order valence-electron chi connectivity index (χ4n) is 0.953. The van der Waals surface area contributed by atoms with E-state index in [-0.39, 0.29) is 5.60 Å². The van der Waals surface area contributed by atoms with Gasteiger partial charge in [-0.1, -0.05) is 0 Å². The van der Waals surface area contributed by atoms with Gasteiger partial charge in [0.05, 0.1) is 11.7 Å². The summed E-state index contributed by atoms with van der Waals surface area (Å²) >= 11 is 0. The van der Waals surface area contributed by atoms with Crippen molar-refractivity contribution in [2.45, 2.75) is 32.0 Å². The van der Waals surface area contributed by atoms with Gasteiger partial charge in [0, 0.05) is 26.8 Å². The van der Waals surface area contributed by atoms with Crippen LogP contribution in [-0.4, -0.2) is 38.5 Å². The van der Waals surface area contributed by atoms with E-state index in [4.69, 9.17) is 9.47 Å². The molecule has 1 saturated heterocycles. The van der Waals surface area contributed by atoms with E-state index in [1.165, 1.54) is 0 Å². The van der Waals surface area contributed by atoms with Crippen LogP contribution in [-0.2, 0) is 9.47 Å². The fraction of sp³-hybridized carbons (Fsp3) is 1.00. The highest BCUT2D eigenvalue weighted by atomic mass is 16.5. The van der Waals surface area contributed by atoms with Gasteiger partial charge in [0.25, 0.3) is 0 Å². The first-order valence-corrected chi connectivity index (χ1v) is 4.51. The predicted molar refractivity (Wildman–Crippen MR) is 48.3 cm³/mol. The quantitative estimate of drug-likeness (QED) is 0.666. The number of hydrogen-bond acceptors (Lipinski definition) is 3. The molecule has 0 bridgehead atoms. The molecule has 1 aliphatic heterocycles. The smallest absolute Gasteiger partial charge is 0.0823 e. The molecule has 0 atom stereocenters. The average molecular weight is 173 g/mol. The molecule has 0 aromatic rings. The maximum atomic E-state index is 5.57. The maximum absolute atomic E-state index is 5.57. The third-order valence-corrected chi connectivity index (χ3v) is 2.35. The molecule has 1 heterocycles. The SMILES string of the molecule is COC(C)(C)CCOC1CNC1. The van der Waals surface area contributed by atoms with Gasteiger partial charge in [-0.25, -0.2) is 0 Å². The third kappa shape index (κ3) is 3.09. The summed E-state index contributed by atoms with van der Waals surface area (Å²) in [5.41, 5.74) is -0.0445. The zero-order valence-electron chi connectivity index (χ0n) is 8.22. The number of hydrogen-bond donors (Lipinski definition) is 1. The second-order valence-corrected chi connectivity index (χ2v) is 3.86. The van der Waals surface area contributed by atoms with Gasteiger partial charge in [0.15, 0.2) is 0 Å². The van der Waals surface area contributed by atoms with Crippen molar-refractivity contribution in [3.05, 3.63) is 0 Å². The van der Waals surface area contributed by atoms with E-state index in [0.29, 0.717) is 6.10 Å². The Labute approximate surface area is 74.4 Å². The summed E-state index contributed by atoms with van der Waals surface area (Å²) in [6.07, 6.45) is 1.40. The van der Waals surface area contributed by atoms with Crippen molar-refractivity contribution in [2.75, 3.05) is 26.8 Å². The number of rotatable bonds is 5. The van der Waals surface area contributed by atoms with Gasteiger partial charge < -0.3 is 14.8 Å². The maximum Gasteiger partial charge on any atom is 0.0823 e. The first-order chi connectivity index (χ1) is 5.64. The van der Waals surface area contributed by atoms with Gasteiger partial charge in [-0.15, -0.1) is 0 Å². The van der Waals surface area contributed by atoms with Crippen molar-refractivity contribution in [2.24, 2.45) is 0 Å². The molecule has 1 aliphatic rings. The topological polar surface area (TPSA) is 30.5 Å². The van der Waals surface area contributed by atoms with E-state index < -0.39 is 0 Å². The highest BCUT2D eigenvalue weighted by Gasteiger charge is 2.20. The molecule has 0 radical (unpaired) electrons. The molecular formula is C9H19NO2. The summed E-state index contributed by atoms with van der Waals surface area (Å²) < 4.78 is 10.8. The monoisotopic (exact) mass is 173 g/mol. The minimum Gasteiger partial charge on any atom is -0.379 e. The number of ether oxygens (including phenoxy) is 2. The van der Waals surface area contributed by atoms with Crippen LogP contribution in [0.25, 0.3) is 0 Å². The standard InChI is InChI=1S/C9H19NO2/c1-9(2,11-3)4-5-12-8-6-10-7-8/h8,10H,4-7H2,1-3H3. The minimum atomic E-state index is -0.0445. The molecule has 12 heavy (non-hydrogen) atoms. The molecular weight excluding hydrogens is 154 g/mol. The average Bonchev–Trinajstić information content (AvgIpc) is 1.95. The van der Waals surface area contributed by atoms with Crippen LogP contribution in [0.15, 0.2) is 0 Å². The lowest BCUT2D eigenvalue weighted by Gasteiger charge is -2.29. The van der Waals surface area contributed by atoms with Crippen molar-refractivity contribution in [3.63, 3.8) is 0 Å². The van der Waals surface area contributed by atoms with Crippen LogP contribution in [0.1, 0.15) is 20.3 Å². The molecule has 0 aromatic carbocycles. The van der Waals surface area contributed by atoms with E-state index in [2.05, 4.69) is 19.2 Å². The van der Waals surface area contributed by atoms with E-state index in [1.54, 1.807) is 7.11 Å². The second-order valence-electron chi connectivity index (χ2n) is 3.86. The molecule has 0 spiro atoms. The summed E-state index contributed by atoms with van der Waals surface area (Å²) in [6, 6.07) is 0. The highest BCUT2D eigenvalue weighted by molar-refractivity contribution is 4.75. The Balaban J connectivity index is 2.00. The Morgan fingerprint density at radius 2 is 2.08 bits per heavy atom. The summed E-state index contributed by atoms with van der Waals surface area (Å²) in [6.45, 7) is 6.97. The molecule has 0 saturated carbocycles. The van der Waals surface area contributed by atoms with E-state index in [1.807, 2.05) is 0 Å². The Kier molecular flexibility index (Phi) is 3.50. The van der Waals surface area contributed by atoms with Gasteiger partial charge in [0.2, 0.25) is 0 Å². The van der Waals surface area contributed by atoms with Crippen LogP contribution in [0.2, 0.25) is 0 Å². The van der Waals surface area contributed by atoms with Crippen LogP contribution in [0.3, 0.4) is 0 Å². The molecule has 0 aliphatic carbocycles. The largest absolute Gasteiger partial charge is 0.379 e. The van der Waals surface area contributed by atoms with Crippen molar-refractivity contribution in [1.82, 2.24) is 5.32 Å². The summed E-state index contributed by atoms with van der Waals surface area (Å²) in [5, 5.41) is 3.17. The zero-order chi connectivity index (χ0) is 9.03. The van der Waals surface area contributed by atoms with Gasteiger partial charge >= 0.3 is 0 Å². The fourth-order valence-corrected chi connectivity index (χ4v) is 0.953. The van der Waals surface area contributed by atoms with Crippen LogP contribution in [0, 0.1) is 0 Å². The Morgan fingerprint density at radius 3 is 2.50 bits per heavy atom. The van der Waals surface area contributed by atoms with Crippen LogP contribution in [0.4, 0.5) is 0 Å². The lowest BCUT2D eigenvalue weighted by Crippen LogP contribution is -2.48. The van der Waals surface area contributed by atoms with Crippen LogP contribution >= 0.6 is 0 Å². The van der Waals surface area contributed by atoms with Crippen molar-refractivity contribution >= 4 is 0 Å². The molecule has 3 heteroatoms. The minimum absolute atomic E-state index is 0.0445. The summed E-state index contributed by atoms with van der Waals surface area (Å²) in [5.74, 6) is 0. The molecule has 72 valence electrons. The van der Waals surface area contributed by atoms with Crippen molar-refractivity contribution < 1.29 is 9.47 Å². The number of methoxy groups -OCH3 is 1. The van der Waals surface area contributed by atoms with Crippen molar-refractivity contribution in [1.29, 1.82) is 0 Å². The van der Waals surface area contributed by atoms with Gasteiger partial charge in [-0.3, -0.25) is 0 Å². The predicted octanol–water partition coefficient (Wildman–Crippen LogP) is 0.790. The zero-order valence-corrected chi connectivity index (χ0v) is 8.22. The Morgan fingerprint density at radius 1 is 1.42 bits per heavy atom. The molecule has 0 unspecified atom stereocenters. The third-order valence-electron chi connectivity index (χ3n) is 2.35. The molecule has 0 amide bonds. The second kappa shape index (κ2) is 4.21. The molecule has 1 rings (SSSR count).